The quantitative estimate of drug-likeness (QED) is 0.778. The Morgan fingerprint density at radius 2 is 1.91 bits per heavy atom. The first-order chi connectivity index (χ1) is 10.5. The fourth-order valence-corrected chi connectivity index (χ4v) is 6.13. The second-order valence-corrected chi connectivity index (χ2v) is 11.7. The molecule has 2 unspecified atom stereocenters. The summed E-state index contributed by atoms with van der Waals surface area (Å²) in [4.78, 5) is 0. The fourth-order valence-electron chi connectivity index (χ4n) is 4.22. The summed E-state index contributed by atoms with van der Waals surface area (Å²) in [7, 11) is -1.70. The predicted octanol–water partition coefficient (Wildman–Crippen LogP) is 4.83. The molecule has 1 nitrogen and oxygen atoms in total. The van der Waals surface area contributed by atoms with Crippen molar-refractivity contribution in [3.05, 3.63) is 82.5 Å². The summed E-state index contributed by atoms with van der Waals surface area (Å²) in [5.74, 6) is 0.552. The van der Waals surface area contributed by atoms with Gasteiger partial charge in [-0.05, 0) is 40.7 Å². The summed E-state index contributed by atoms with van der Waals surface area (Å²) in [6.07, 6.45) is 11.4. The van der Waals surface area contributed by atoms with Crippen molar-refractivity contribution in [1.29, 1.82) is 0 Å². The van der Waals surface area contributed by atoms with Crippen molar-refractivity contribution in [2.75, 3.05) is 0 Å². The van der Waals surface area contributed by atoms with Gasteiger partial charge in [-0.2, -0.15) is 0 Å². The normalized spacial score (nSPS) is 26.7. The van der Waals surface area contributed by atoms with Gasteiger partial charge in [0, 0.05) is 5.92 Å². The summed E-state index contributed by atoms with van der Waals surface area (Å²) in [5.41, 5.74) is 8.12. The first-order valence-corrected chi connectivity index (χ1v) is 11.4. The molecule has 22 heavy (non-hydrogen) atoms. The lowest BCUT2D eigenvalue weighted by atomic mass is 9.84. The van der Waals surface area contributed by atoms with E-state index in [0.29, 0.717) is 11.5 Å². The molecule has 0 saturated heterocycles. The van der Waals surface area contributed by atoms with Gasteiger partial charge >= 0.3 is 0 Å². The number of hydrogen-bond donors (Lipinski definition) is 1. The highest BCUT2D eigenvalue weighted by atomic mass is 28.3. The average Bonchev–Trinajstić information content (AvgIpc) is 3.08. The zero-order chi connectivity index (χ0) is 15.3. The van der Waals surface area contributed by atoms with Crippen molar-refractivity contribution < 1.29 is 0 Å². The minimum atomic E-state index is -1.70. The van der Waals surface area contributed by atoms with Crippen LogP contribution in [0.2, 0.25) is 18.6 Å². The van der Waals surface area contributed by atoms with Crippen LogP contribution < -0.4 is 5.40 Å². The number of rotatable bonds is 2. The number of hydrogen-bond acceptors (Lipinski definition) is 1. The Labute approximate surface area is 134 Å². The smallest absolute Gasteiger partial charge is 0.124 e. The second kappa shape index (κ2) is 4.93. The first kappa shape index (κ1) is 14.0. The number of fused-ring (bicyclic) bond motifs is 1. The Balaban J connectivity index is 1.81. The average molecular weight is 305 g/mol. The third kappa shape index (κ3) is 2.18. The number of allylic oxidation sites excluding steroid dienone is 8. The molecule has 1 aromatic carbocycles. The molecule has 4 rings (SSSR count). The predicted molar refractivity (Wildman–Crippen MR) is 96.2 cm³/mol. The van der Waals surface area contributed by atoms with Crippen molar-refractivity contribution in [1.82, 2.24) is 0 Å². The van der Waals surface area contributed by atoms with Crippen LogP contribution in [-0.4, -0.2) is 8.24 Å². The molecule has 3 aliphatic carbocycles. The molecular weight excluding hydrogens is 282 g/mol. The highest BCUT2D eigenvalue weighted by Crippen LogP contribution is 2.54. The van der Waals surface area contributed by atoms with E-state index >= 15 is 0 Å². The van der Waals surface area contributed by atoms with Crippen LogP contribution in [-0.2, 0) is 0 Å². The molecule has 2 N–H and O–H groups in total. The molecule has 0 aromatic heterocycles. The van der Waals surface area contributed by atoms with Crippen molar-refractivity contribution in [3.63, 3.8) is 0 Å². The lowest BCUT2D eigenvalue weighted by molar-refractivity contribution is 0.742. The molecule has 0 radical (unpaired) electrons. The summed E-state index contributed by atoms with van der Waals surface area (Å²) < 4.78 is 0. The molecule has 2 heteroatoms. The van der Waals surface area contributed by atoms with Gasteiger partial charge in [0.25, 0.3) is 0 Å². The second-order valence-electron chi connectivity index (χ2n) is 7.38. The van der Waals surface area contributed by atoms with Gasteiger partial charge in [0.1, 0.15) is 8.24 Å². The lowest BCUT2D eigenvalue weighted by Crippen LogP contribution is -2.43. The lowest BCUT2D eigenvalue weighted by Gasteiger charge is -2.27. The van der Waals surface area contributed by atoms with E-state index in [2.05, 4.69) is 67.7 Å². The summed E-state index contributed by atoms with van der Waals surface area (Å²) in [5, 5.41) is 6.67. The maximum absolute atomic E-state index is 6.67. The molecule has 0 heterocycles. The van der Waals surface area contributed by atoms with Gasteiger partial charge in [-0.3, -0.25) is 0 Å². The highest BCUT2D eigenvalue weighted by Gasteiger charge is 2.42. The van der Waals surface area contributed by atoms with E-state index in [4.69, 9.17) is 5.40 Å². The Hall–Kier alpha value is -1.64. The minimum absolute atomic E-state index is 0.552. The van der Waals surface area contributed by atoms with E-state index in [1.807, 2.05) is 0 Å². The Morgan fingerprint density at radius 1 is 1.14 bits per heavy atom. The minimum Gasteiger partial charge on any atom is -0.351 e. The van der Waals surface area contributed by atoms with Gasteiger partial charge in [0.2, 0.25) is 0 Å². The molecular formula is C20H23NSi. The first-order valence-electron chi connectivity index (χ1n) is 8.20. The standard InChI is InChI=1S/C20H23NSi/c1-22(2,21)20-13-17(14-7-4-3-5-8-14)18-11-15-9-6-10-16(15)12-19(18)20/h3-10,12,17,20H,11,13,21H2,1-2H3. The topological polar surface area (TPSA) is 26.0 Å². The third-order valence-corrected chi connectivity index (χ3v) is 7.72. The number of nitrogens with two attached hydrogens (primary N) is 1. The van der Waals surface area contributed by atoms with Gasteiger partial charge in [0.05, 0.1) is 0 Å². The molecule has 0 spiro atoms. The van der Waals surface area contributed by atoms with Crippen LogP contribution in [0, 0.1) is 0 Å². The van der Waals surface area contributed by atoms with E-state index in [0.717, 1.165) is 6.42 Å². The molecule has 2 atom stereocenters. The van der Waals surface area contributed by atoms with Crippen LogP contribution in [0.1, 0.15) is 24.3 Å². The zero-order valence-corrected chi connectivity index (χ0v) is 14.3. The molecule has 0 amide bonds. The molecule has 0 aliphatic heterocycles. The van der Waals surface area contributed by atoms with Gasteiger partial charge < -0.3 is 5.40 Å². The molecule has 0 bridgehead atoms. The van der Waals surface area contributed by atoms with E-state index in [9.17, 15) is 0 Å². The Kier molecular flexibility index (Phi) is 3.14. The summed E-state index contributed by atoms with van der Waals surface area (Å²) in [6.45, 7) is 4.62. The fraction of sp³-hybridized carbons (Fsp3) is 0.300. The Bertz CT molecular complexity index is 729. The van der Waals surface area contributed by atoms with Crippen LogP contribution in [0.15, 0.2) is 76.9 Å². The van der Waals surface area contributed by atoms with Crippen molar-refractivity contribution >= 4 is 8.24 Å². The molecule has 0 saturated carbocycles. The number of benzene rings is 1. The maximum Gasteiger partial charge on any atom is 0.124 e. The summed E-state index contributed by atoms with van der Waals surface area (Å²) in [6, 6.07) is 11.0. The van der Waals surface area contributed by atoms with Gasteiger partial charge in [-0.1, -0.05) is 73.3 Å². The van der Waals surface area contributed by atoms with Crippen molar-refractivity contribution in [2.24, 2.45) is 5.40 Å². The van der Waals surface area contributed by atoms with Gasteiger partial charge in [0.15, 0.2) is 0 Å². The summed E-state index contributed by atoms with van der Waals surface area (Å²) >= 11 is 0. The highest BCUT2D eigenvalue weighted by molar-refractivity contribution is 6.76. The molecule has 0 fully saturated rings. The molecule has 1 aromatic rings. The zero-order valence-electron chi connectivity index (χ0n) is 13.3. The van der Waals surface area contributed by atoms with E-state index < -0.39 is 8.24 Å². The maximum atomic E-state index is 6.67. The van der Waals surface area contributed by atoms with E-state index in [-0.39, 0.29) is 0 Å². The van der Waals surface area contributed by atoms with Crippen LogP contribution in [0.3, 0.4) is 0 Å². The van der Waals surface area contributed by atoms with Crippen LogP contribution in [0.5, 0.6) is 0 Å². The SMILES string of the molecule is C[Si](C)(N)C1CC(c2ccccc2)C2=C1C=C1C=CC=C1C2. The van der Waals surface area contributed by atoms with Crippen LogP contribution in [0.4, 0.5) is 0 Å². The van der Waals surface area contributed by atoms with Gasteiger partial charge in [-0.25, -0.2) is 0 Å². The molecule has 112 valence electrons. The van der Waals surface area contributed by atoms with Crippen molar-refractivity contribution in [2.45, 2.75) is 37.4 Å². The van der Waals surface area contributed by atoms with Crippen LogP contribution >= 0.6 is 0 Å². The van der Waals surface area contributed by atoms with E-state index in [1.54, 1.807) is 11.1 Å². The van der Waals surface area contributed by atoms with Crippen LogP contribution in [0.25, 0.3) is 0 Å². The Morgan fingerprint density at radius 3 is 2.64 bits per heavy atom. The van der Waals surface area contributed by atoms with E-state index in [1.165, 1.54) is 23.1 Å². The largest absolute Gasteiger partial charge is 0.351 e. The van der Waals surface area contributed by atoms with Crippen molar-refractivity contribution in [3.8, 4) is 0 Å². The monoisotopic (exact) mass is 305 g/mol. The molecule has 3 aliphatic rings. The third-order valence-electron chi connectivity index (χ3n) is 5.37. The van der Waals surface area contributed by atoms with Gasteiger partial charge in [-0.15, -0.1) is 0 Å².